The van der Waals surface area contributed by atoms with Crippen molar-refractivity contribution >= 4 is 6.08 Å². The Balaban J connectivity index is 1.68. The van der Waals surface area contributed by atoms with Gasteiger partial charge in [-0.2, -0.15) is 0 Å². The lowest BCUT2D eigenvalue weighted by Gasteiger charge is -2.02. The van der Waals surface area contributed by atoms with Gasteiger partial charge in [-0.15, -0.1) is 0 Å². The highest BCUT2D eigenvalue weighted by atomic mass is 18.0. The van der Waals surface area contributed by atoms with Gasteiger partial charge in [-0.05, 0) is 58.0 Å². The van der Waals surface area contributed by atoms with Crippen molar-refractivity contribution in [2.45, 2.75) is 0 Å². The van der Waals surface area contributed by atoms with Crippen LogP contribution in [0.3, 0.4) is 0 Å². The van der Waals surface area contributed by atoms with Gasteiger partial charge in [0.25, 0.3) is 0 Å². The minimum atomic E-state index is 0.245. The van der Waals surface area contributed by atoms with E-state index in [9.17, 15) is 0 Å². The zero-order valence-electron chi connectivity index (χ0n) is 16.1. The van der Waals surface area contributed by atoms with Gasteiger partial charge in [-0.3, -0.25) is 0 Å². The minimum Gasteiger partial charge on any atom is -0.306 e. The molecule has 28 heteroatoms. The Bertz CT molecular complexity index is 599. The van der Waals surface area contributed by atoms with Crippen LogP contribution in [0.4, 0.5) is 0 Å². The molecule has 0 aliphatic rings. The maximum Gasteiger partial charge on any atom is 0.169 e. The monoisotopic (exact) mass is 552 g/mol. The molecule has 0 amide bonds. The molecule has 0 heterocycles. The molecule has 0 aromatic heterocycles. The fourth-order valence-electron chi connectivity index (χ4n) is 1.02. The van der Waals surface area contributed by atoms with Crippen LogP contribution in [0.25, 0.3) is 6.08 Å². The normalized spacial score (nSPS) is 11.1. The van der Waals surface area contributed by atoms with Crippen molar-refractivity contribution in [3.8, 4) is 5.75 Å². The molecular weight excluding hydrogens is 544 g/mol. The lowest BCUT2D eigenvalue weighted by molar-refractivity contribution is -0.903. The molecule has 1 N–H and O–H groups in total. The fourth-order valence-corrected chi connectivity index (χ4v) is 1.02. The molecule has 0 radical (unpaired) electrons. The second-order valence-electron chi connectivity index (χ2n) is 3.64. The highest BCUT2D eigenvalue weighted by molar-refractivity contribution is 5.49. The lowest BCUT2D eigenvalue weighted by atomic mass is 10.2. The highest BCUT2D eigenvalue weighted by Crippen LogP contribution is 2.14. The Hall–Kier alpha value is -2.32. The predicted octanol–water partition coefficient (Wildman–Crippen LogP) is 0.403. The van der Waals surface area contributed by atoms with Crippen LogP contribution in [0.5, 0.6) is 5.75 Å². The summed E-state index contributed by atoms with van der Waals surface area (Å²) in [6, 6.07) is 6.50. The summed E-state index contributed by atoms with van der Waals surface area (Å²) in [5, 5.41) is 99.6. The molecule has 0 saturated heterocycles. The lowest BCUT2D eigenvalue weighted by Crippen LogP contribution is -2.06. The van der Waals surface area contributed by atoms with Crippen molar-refractivity contribution in [3.63, 3.8) is 0 Å². The Kier molecular flexibility index (Phi) is 22.7. The number of hydrogen-bond donors (Lipinski definition) is 1. The van der Waals surface area contributed by atoms with Crippen LogP contribution in [0.1, 0.15) is 5.56 Å². The van der Waals surface area contributed by atoms with Gasteiger partial charge >= 0.3 is 0 Å². The average Bonchev–Trinajstić information content (AvgIpc) is 2.90. The molecular formula is C8H8O28. The van der Waals surface area contributed by atoms with Crippen LogP contribution in [-0.2, 0) is 131 Å². The second-order valence-corrected chi connectivity index (χ2v) is 3.64. The van der Waals surface area contributed by atoms with Gasteiger partial charge < -0.3 is 4.89 Å². The molecule has 0 bridgehead atoms. The molecule has 28 nitrogen and oxygen atoms in total. The third kappa shape index (κ3) is 21.0. The van der Waals surface area contributed by atoms with Gasteiger partial charge in [0, 0.05) is 90.7 Å². The van der Waals surface area contributed by atoms with E-state index in [1.165, 1.54) is 6.07 Å². The van der Waals surface area contributed by atoms with E-state index in [1.54, 1.807) is 24.3 Å². The van der Waals surface area contributed by atoms with Crippen molar-refractivity contribution in [2.24, 2.45) is 0 Å². The van der Waals surface area contributed by atoms with Crippen LogP contribution in [0.15, 0.2) is 30.8 Å². The van der Waals surface area contributed by atoms with Gasteiger partial charge in [0.15, 0.2) is 5.75 Å². The minimum absolute atomic E-state index is 0.245. The Labute approximate surface area is 190 Å². The molecule has 0 aliphatic carbocycles. The smallest absolute Gasteiger partial charge is 0.169 e. The standard InChI is InChI=1S/C8H8O28/c1-2-7-4-3-5-8(6-7)10-12-14-16-18-20-22-24-26-28-30-32-34-36-35-33-31-29-27-25-23-21-19-17-15-13-11-9/h2-6,9H,1H2. The van der Waals surface area contributed by atoms with Crippen molar-refractivity contribution in [3.05, 3.63) is 36.4 Å². The van der Waals surface area contributed by atoms with Crippen molar-refractivity contribution in [2.75, 3.05) is 0 Å². The average molecular weight is 552 g/mol. The zero-order chi connectivity index (χ0) is 25.8. The first-order chi connectivity index (χ1) is 17.9. The molecule has 208 valence electrons. The van der Waals surface area contributed by atoms with Gasteiger partial charge in [0.05, 0.1) is 0 Å². The summed E-state index contributed by atoms with van der Waals surface area (Å²) >= 11 is 0. The van der Waals surface area contributed by atoms with Crippen LogP contribution < -0.4 is 4.89 Å². The molecule has 1 aromatic carbocycles. The maximum atomic E-state index is 7.56. The molecule has 0 saturated carbocycles. The first-order valence-electron chi connectivity index (χ1n) is 7.24. The van der Waals surface area contributed by atoms with E-state index in [-0.39, 0.29) is 5.75 Å². The third-order valence-electron chi connectivity index (χ3n) is 1.92. The van der Waals surface area contributed by atoms with E-state index in [4.69, 9.17) is 5.26 Å². The zero-order valence-corrected chi connectivity index (χ0v) is 16.1. The maximum absolute atomic E-state index is 7.56. The van der Waals surface area contributed by atoms with E-state index < -0.39 is 0 Å². The van der Waals surface area contributed by atoms with Gasteiger partial charge in [-0.1, -0.05) is 24.8 Å². The summed E-state index contributed by atoms with van der Waals surface area (Å²) in [7, 11) is 0. The Morgan fingerprint density at radius 2 is 0.806 bits per heavy atom. The predicted molar refractivity (Wildman–Crippen MR) is 68.0 cm³/mol. The summed E-state index contributed by atoms with van der Waals surface area (Å²) < 4.78 is 0. The topological polar surface area (TPSA) is 269 Å². The summed E-state index contributed by atoms with van der Waals surface area (Å²) in [6.07, 6.45) is 1.57. The summed E-state index contributed by atoms with van der Waals surface area (Å²) in [5.74, 6) is 0.245. The van der Waals surface area contributed by atoms with Gasteiger partial charge in [0.1, 0.15) is 0 Å². The van der Waals surface area contributed by atoms with Crippen molar-refractivity contribution < 1.29 is 141 Å². The quantitative estimate of drug-likeness (QED) is 0.0836. The number of benzene rings is 1. The van der Waals surface area contributed by atoms with Crippen molar-refractivity contribution in [1.82, 2.24) is 0 Å². The summed E-state index contributed by atoms with van der Waals surface area (Å²) in [4.78, 5) is 4.63. The first kappa shape index (κ1) is 31.7. The van der Waals surface area contributed by atoms with Crippen LogP contribution in [0, 0.1) is 0 Å². The van der Waals surface area contributed by atoms with E-state index in [2.05, 4.69) is 142 Å². The number of rotatable bonds is 28. The third-order valence-corrected chi connectivity index (χ3v) is 1.92. The van der Waals surface area contributed by atoms with E-state index in [1.807, 2.05) is 0 Å². The van der Waals surface area contributed by atoms with Crippen molar-refractivity contribution in [1.29, 1.82) is 0 Å². The summed E-state index contributed by atoms with van der Waals surface area (Å²) in [5.41, 5.74) is 0.746. The fraction of sp³-hybridized carbons (Fsp3) is 0. The SMILES string of the molecule is C=Cc1cccc(OOOOOOOOOOOOOOOOOOOOOOOOOOOO)c1. The second kappa shape index (κ2) is 25.8. The van der Waals surface area contributed by atoms with Crippen LogP contribution in [-0.4, -0.2) is 5.26 Å². The molecule has 0 aliphatic heterocycles. The Morgan fingerprint density at radius 1 is 0.472 bits per heavy atom. The molecule has 1 aromatic rings. The van der Waals surface area contributed by atoms with Crippen LogP contribution in [0.2, 0.25) is 0 Å². The number of hydrogen-bond acceptors (Lipinski definition) is 28. The summed E-state index contributed by atoms with van der Waals surface area (Å²) in [6.45, 7) is 3.57. The van der Waals surface area contributed by atoms with E-state index in [0.717, 1.165) is 5.56 Å². The van der Waals surface area contributed by atoms with Crippen LogP contribution >= 0.6 is 0 Å². The van der Waals surface area contributed by atoms with E-state index in [0.29, 0.717) is 0 Å². The highest BCUT2D eigenvalue weighted by Gasteiger charge is 2.02. The molecule has 0 atom stereocenters. The largest absolute Gasteiger partial charge is 0.306 e. The molecule has 0 spiro atoms. The van der Waals surface area contributed by atoms with E-state index >= 15 is 0 Å². The van der Waals surface area contributed by atoms with Gasteiger partial charge in [-0.25, -0.2) is 5.26 Å². The molecule has 0 fully saturated rings. The Morgan fingerprint density at radius 3 is 1.14 bits per heavy atom. The first-order valence-corrected chi connectivity index (χ1v) is 7.24. The van der Waals surface area contributed by atoms with Gasteiger partial charge in [0.2, 0.25) is 0 Å². The molecule has 0 unspecified atom stereocenters. The molecule has 1 rings (SSSR count). The molecule has 36 heavy (non-hydrogen) atoms.